The molecule has 0 amide bonds. The minimum atomic E-state index is -0.728. The normalized spacial score (nSPS) is 16.1. The fourth-order valence-electron chi connectivity index (χ4n) is 8.96. The summed E-state index contributed by atoms with van der Waals surface area (Å²) in [5.41, 5.74) is 3.62. The van der Waals surface area contributed by atoms with Gasteiger partial charge in [0, 0.05) is 0 Å². The van der Waals surface area contributed by atoms with Gasteiger partial charge < -0.3 is 15.3 Å². The van der Waals surface area contributed by atoms with Gasteiger partial charge in [0.25, 0.3) is 0 Å². The quantitative estimate of drug-likeness (QED) is 0.165. The van der Waals surface area contributed by atoms with Gasteiger partial charge in [0.2, 0.25) is 0 Å². The van der Waals surface area contributed by atoms with E-state index in [0.29, 0.717) is 39.1 Å². The number of rotatable bonds is 8. The number of phenolic OH excluding ortho intramolecular Hbond substituents is 3. The van der Waals surface area contributed by atoms with Crippen molar-refractivity contribution in [3.63, 3.8) is 0 Å². The molecule has 0 radical (unpaired) electrons. The van der Waals surface area contributed by atoms with Gasteiger partial charge in [-0.25, -0.2) is 28.1 Å². The first-order valence-electron chi connectivity index (χ1n) is 20.3. The molecule has 55 heavy (non-hydrogen) atoms. The van der Waals surface area contributed by atoms with Crippen LogP contribution in [0.15, 0.2) is 50.8 Å². The molecule has 2 fully saturated rings. The predicted octanol–water partition coefficient (Wildman–Crippen LogP) is 8.74. The van der Waals surface area contributed by atoms with Crippen LogP contribution in [0, 0.1) is 13.8 Å². The molecular weight excluding hydrogens is 691 g/mol. The van der Waals surface area contributed by atoms with E-state index in [9.17, 15) is 29.7 Å². The van der Waals surface area contributed by atoms with Crippen molar-refractivity contribution in [1.82, 2.24) is 13.7 Å². The largest absolute Gasteiger partial charge is 0.507 e. The lowest BCUT2D eigenvalue weighted by atomic mass is 9.78. The molecule has 9 nitrogen and oxygen atoms in total. The maximum Gasteiger partial charge on any atom is 0.336 e. The molecule has 0 aliphatic heterocycles. The van der Waals surface area contributed by atoms with E-state index in [-0.39, 0.29) is 43.0 Å². The summed E-state index contributed by atoms with van der Waals surface area (Å²) in [5.74, 6) is 1.15. The summed E-state index contributed by atoms with van der Waals surface area (Å²) in [6.07, 6.45) is 10.7. The van der Waals surface area contributed by atoms with Gasteiger partial charge in [-0.2, -0.15) is 0 Å². The Hall–Kier alpha value is -4.53. The van der Waals surface area contributed by atoms with Crippen molar-refractivity contribution in [3.8, 4) is 17.2 Å². The van der Waals surface area contributed by atoms with Crippen LogP contribution in [0.25, 0.3) is 0 Å². The number of phenols is 3. The van der Waals surface area contributed by atoms with E-state index in [0.717, 1.165) is 77.2 Å². The molecule has 9 heteroatoms. The van der Waals surface area contributed by atoms with Crippen molar-refractivity contribution in [2.45, 2.75) is 162 Å². The minimum Gasteiger partial charge on any atom is -0.507 e. The number of hydrogen-bond donors (Lipinski definition) is 3. The van der Waals surface area contributed by atoms with Crippen molar-refractivity contribution in [2.75, 3.05) is 0 Å². The molecule has 6 rings (SSSR count). The summed E-state index contributed by atoms with van der Waals surface area (Å²) in [6, 6.07) is 11.2. The van der Waals surface area contributed by atoms with Crippen molar-refractivity contribution < 1.29 is 15.3 Å². The number of aromatic hydroxyl groups is 3. The maximum absolute atomic E-state index is 14.6. The van der Waals surface area contributed by atoms with E-state index >= 15 is 0 Å². The van der Waals surface area contributed by atoms with E-state index in [1.165, 1.54) is 17.4 Å². The lowest BCUT2D eigenvalue weighted by Crippen LogP contribution is -2.54. The Bertz CT molecular complexity index is 2100. The predicted molar refractivity (Wildman–Crippen MR) is 219 cm³/mol. The van der Waals surface area contributed by atoms with Crippen LogP contribution < -0.4 is 17.1 Å². The molecule has 2 saturated carbocycles. The smallest absolute Gasteiger partial charge is 0.336 e. The number of aromatic nitrogens is 3. The fraction of sp³-hybridized carbons (Fsp3) is 0.543. The average molecular weight is 752 g/mol. The van der Waals surface area contributed by atoms with E-state index in [1.54, 1.807) is 26.0 Å². The first-order valence-corrected chi connectivity index (χ1v) is 20.3. The SMILES string of the molecule is Cc1cc(Cn2c(=O)n(Cc3cc(C4CCCCC4)c(O)c(C4CCCCC4)c3)c(=O)n(Cc3cc(C)c(O)c(C(C)(C)C)c3)c2=O)cc(C(C)(C)C)c1O. The topological polar surface area (TPSA) is 127 Å². The molecule has 2 aliphatic carbocycles. The highest BCUT2D eigenvalue weighted by molar-refractivity contribution is 5.49. The Morgan fingerprint density at radius 3 is 1.11 bits per heavy atom. The first kappa shape index (κ1) is 40.1. The van der Waals surface area contributed by atoms with Crippen LogP contribution in [0.3, 0.4) is 0 Å². The van der Waals surface area contributed by atoms with Gasteiger partial charge in [-0.05, 0) is 124 Å². The van der Waals surface area contributed by atoms with Crippen LogP contribution in [0.2, 0.25) is 0 Å². The van der Waals surface area contributed by atoms with Gasteiger partial charge in [-0.1, -0.05) is 104 Å². The van der Waals surface area contributed by atoms with Gasteiger partial charge >= 0.3 is 17.1 Å². The monoisotopic (exact) mass is 751 g/mol. The number of benzene rings is 3. The van der Waals surface area contributed by atoms with Crippen molar-refractivity contribution in [3.05, 3.63) is 118 Å². The Labute approximate surface area is 325 Å². The molecule has 1 aromatic heterocycles. The molecule has 0 spiro atoms. The molecular formula is C46H61N3O6. The zero-order valence-electron chi connectivity index (χ0n) is 34.2. The van der Waals surface area contributed by atoms with Gasteiger partial charge in [-0.15, -0.1) is 0 Å². The van der Waals surface area contributed by atoms with Crippen LogP contribution in [-0.4, -0.2) is 29.0 Å². The lowest BCUT2D eigenvalue weighted by Gasteiger charge is -2.28. The van der Waals surface area contributed by atoms with Gasteiger partial charge in [-0.3, -0.25) is 0 Å². The summed E-state index contributed by atoms with van der Waals surface area (Å²) in [5, 5.41) is 33.7. The summed E-state index contributed by atoms with van der Waals surface area (Å²) in [7, 11) is 0. The van der Waals surface area contributed by atoms with Crippen LogP contribution >= 0.6 is 0 Å². The van der Waals surface area contributed by atoms with E-state index in [1.807, 2.05) is 65.8 Å². The van der Waals surface area contributed by atoms with E-state index in [2.05, 4.69) is 0 Å². The second-order valence-electron chi connectivity index (χ2n) is 18.5. The standard InChI is InChI=1S/C46H61N3O6/c1-28-19-30(23-37(39(28)50)45(3,4)5)25-47-42(53)48(26-31-20-29(2)40(51)38(24-31)46(6,7)8)44(55)49(43(47)54)27-32-21-35(33-15-11-9-12-16-33)41(52)36(22-32)34-17-13-10-14-18-34/h19-24,33-34,50-52H,9-18,25-27H2,1-8H3. The molecule has 0 saturated heterocycles. The van der Waals surface area contributed by atoms with Crippen molar-refractivity contribution >= 4 is 0 Å². The third-order valence-corrected chi connectivity index (χ3v) is 12.1. The number of aryl methyl sites for hydroxylation is 2. The van der Waals surface area contributed by atoms with E-state index < -0.39 is 27.9 Å². The summed E-state index contributed by atoms with van der Waals surface area (Å²) in [4.78, 5) is 43.6. The number of hydrogen-bond acceptors (Lipinski definition) is 6. The van der Waals surface area contributed by atoms with Crippen molar-refractivity contribution in [1.29, 1.82) is 0 Å². The molecule has 3 aromatic carbocycles. The second-order valence-corrected chi connectivity index (χ2v) is 18.5. The van der Waals surface area contributed by atoms with Crippen LogP contribution in [0.1, 0.15) is 168 Å². The Kier molecular flexibility index (Phi) is 11.3. The Morgan fingerprint density at radius 1 is 0.491 bits per heavy atom. The minimum absolute atomic E-state index is 0.0542. The molecule has 0 bridgehead atoms. The van der Waals surface area contributed by atoms with Gasteiger partial charge in [0.15, 0.2) is 0 Å². The van der Waals surface area contributed by atoms with Crippen molar-refractivity contribution in [2.24, 2.45) is 0 Å². The first-order chi connectivity index (χ1) is 25.8. The molecule has 0 atom stereocenters. The van der Waals surface area contributed by atoms with Crippen LogP contribution in [0.5, 0.6) is 17.2 Å². The third kappa shape index (κ3) is 8.36. The highest BCUT2D eigenvalue weighted by Gasteiger charge is 2.28. The molecule has 3 N–H and O–H groups in total. The fourth-order valence-corrected chi connectivity index (χ4v) is 8.96. The number of nitrogens with zero attached hydrogens (tertiary/aromatic N) is 3. The highest BCUT2D eigenvalue weighted by Crippen LogP contribution is 2.44. The summed E-state index contributed by atoms with van der Waals surface area (Å²) < 4.78 is 3.42. The maximum atomic E-state index is 14.6. The van der Waals surface area contributed by atoms with E-state index in [4.69, 9.17) is 0 Å². The Morgan fingerprint density at radius 2 is 0.800 bits per heavy atom. The molecule has 2 aliphatic rings. The highest BCUT2D eigenvalue weighted by atomic mass is 16.3. The summed E-state index contributed by atoms with van der Waals surface area (Å²) >= 11 is 0. The molecule has 1 heterocycles. The second kappa shape index (κ2) is 15.5. The zero-order chi connectivity index (χ0) is 40.0. The van der Waals surface area contributed by atoms with Crippen LogP contribution in [-0.2, 0) is 30.5 Å². The lowest BCUT2D eigenvalue weighted by molar-refractivity contribution is 0.392. The zero-order valence-corrected chi connectivity index (χ0v) is 34.2. The average Bonchev–Trinajstić information content (AvgIpc) is 3.13. The van der Waals surface area contributed by atoms with Gasteiger partial charge in [0.05, 0.1) is 19.6 Å². The summed E-state index contributed by atoms with van der Waals surface area (Å²) in [6.45, 7) is 15.3. The Balaban J connectivity index is 1.54. The molecule has 0 unspecified atom stereocenters. The molecule has 4 aromatic rings. The molecule has 296 valence electrons. The van der Waals surface area contributed by atoms with Gasteiger partial charge in [0.1, 0.15) is 17.2 Å². The third-order valence-electron chi connectivity index (χ3n) is 12.1. The van der Waals surface area contributed by atoms with Crippen LogP contribution in [0.4, 0.5) is 0 Å².